The zero-order chi connectivity index (χ0) is 21.2. The van der Waals surface area contributed by atoms with Gasteiger partial charge in [-0.25, -0.2) is 4.79 Å². The van der Waals surface area contributed by atoms with Crippen molar-refractivity contribution < 1.29 is 27.1 Å². The van der Waals surface area contributed by atoms with Crippen molar-refractivity contribution in [3.63, 3.8) is 0 Å². The van der Waals surface area contributed by atoms with Crippen LogP contribution < -0.4 is 10.2 Å². The van der Waals surface area contributed by atoms with Crippen molar-refractivity contribution in [2.24, 2.45) is 0 Å². The SMILES string of the molecule is CCN(CC)C(=O)Oc1ccc2c(=O)c(-c3ccccc3)c(C(F)(F)F)oc2c1. The van der Waals surface area contributed by atoms with Gasteiger partial charge in [0.05, 0.1) is 10.9 Å². The molecule has 152 valence electrons. The predicted octanol–water partition coefficient (Wildman–Crippen LogP) is 5.32. The second kappa shape index (κ2) is 7.98. The van der Waals surface area contributed by atoms with Crippen LogP contribution >= 0.6 is 0 Å². The van der Waals surface area contributed by atoms with Gasteiger partial charge in [0.15, 0.2) is 0 Å². The van der Waals surface area contributed by atoms with Crippen LogP contribution in [0.1, 0.15) is 19.6 Å². The molecule has 5 nitrogen and oxygen atoms in total. The van der Waals surface area contributed by atoms with Gasteiger partial charge >= 0.3 is 12.3 Å². The van der Waals surface area contributed by atoms with Crippen LogP contribution in [0.3, 0.4) is 0 Å². The lowest BCUT2D eigenvalue weighted by molar-refractivity contribution is -0.152. The highest BCUT2D eigenvalue weighted by atomic mass is 19.4. The van der Waals surface area contributed by atoms with Gasteiger partial charge in [0.2, 0.25) is 11.2 Å². The van der Waals surface area contributed by atoms with Crippen LogP contribution in [0.25, 0.3) is 22.1 Å². The maximum atomic E-state index is 13.6. The number of rotatable bonds is 4. The molecule has 0 saturated heterocycles. The third kappa shape index (κ3) is 4.11. The Morgan fingerprint density at radius 3 is 2.31 bits per heavy atom. The zero-order valence-electron chi connectivity index (χ0n) is 15.7. The first kappa shape index (κ1) is 20.4. The number of nitrogens with zero attached hydrogens (tertiary/aromatic N) is 1. The van der Waals surface area contributed by atoms with E-state index in [2.05, 4.69) is 0 Å². The summed E-state index contributed by atoms with van der Waals surface area (Å²) in [5.74, 6) is -1.41. The largest absolute Gasteiger partial charge is 0.450 e. The third-order valence-electron chi connectivity index (χ3n) is 4.41. The molecular weight excluding hydrogens is 387 g/mol. The van der Waals surface area contributed by atoms with Gasteiger partial charge in [0, 0.05) is 19.2 Å². The molecule has 3 aromatic rings. The van der Waals surface area contributed by atoms with E-state index in [9.17, 15) is 22.8 Å². The molecule has 0 aliphatic carbocycles. The van der Waals surface area contributed by atoms with Gasteiger partial charge in [-0.1, -0.05) is 30.3 Å². The van der Waals surface area contributed by atoms with E-state index in [1.165, 1.54) is 41.3 Å². The minimum Gasteiger partial charge on any atom is -0.450 e. The van der Waals surface area contributed by atoms with Crippen LogP contribution in [0.15, 0.2) is 57.7 Å². The van der Waals surface area contributed by atoms with Crippen LogP contribution in [-0.2, 0) is 6.18 Å². The minimum absolute atomic E-state index is 0.0156. The fourth-order valence-electron chi connectivity index (χ4n) is 2.95. The van der Waals surface area contributed by atoms with Gasteiger partial charge in [-0.3, -0.25) is 4.79 Å². The van der Waals surface area contributed by atoms with Crippen molar-refractivity contribution in [3.05, 3.63) is 64.5 Å². The lowest BCUT2D eigenvalue weighted by atomic mass is 10.0. The summed E-state index contributed by atoms with van der Waals surface area (Å²) < 4.78 is 51.2. The Morgan fingerprint density at radius 1 is 1.07 bits per heavy atom. The smallest absolute Gasteiger partial charge is 0.450 e. The average molecular weight is 405 g/mol. The number of halogens is 3. The van der Waals surface area contributed by atoms with Gasteiger partial charge in [-0.2, -0.15) is 13.2 Å². The van der Waals surface area contributed by atoms with Gasteiger partial charge in [-0.15, -0.1) is 0 Å². The van der Waals surface area contributed by atoms with Crippen LogP contribution in [0.2, 0.25) is 0 Å². The quantitative estimate of drug-likeness (QED) is 0.590. The molecule has 8 heteroatoms. The van der Waals surface area contributed by atoms with Crippen molar-refractivity contribution in [2.45, 2.75) is 20.0 Å². The number of benzene rings is 2. The zero-order valence-corrected chi connectivity index (χ0v) is 15.7. The molecule has 0 saturated carbocycles. The summed E-state index contributed by atoms with van der Waals surface area (Å²) in [4.78, 5) is 26.3. The maximum Gasteiger partial charge on any atom is 0.450 e. The van der Waals surface area contributed by atoms with E-state index in [4.69, 9.17) is 9.15 Å². The molecule has 0 aliphatic rings. The molecule has 0 fully saturated rings. The highest BCUT2D eigenvalue weighted by Crippen LogP contribution is 2.37. The van der Waals surface area contributed by atoms with Crippen molar-refractivity contribution >= 4 is 17.1 Å². The van der Waals surface area contributed by atoms with Crippen molar-refractivity contribution in [2.75, 3.05) is 13.1 Å². The van der Waals surface area contributed by atoms with Crippen molar-refractivity contribution in [3.8, 4) is 16.9 Å². The van der Waals surface area contributed by atoms with E-state index >= 15 is 0 Å². The van der Waals surface area contributed by atoms with E-state index in [0.29, 0.717) is 13.1 Å². The van der Waals surface area contributed by atoms with Crippen LogP contribution in [0.4, 0.5) is 18.0 Å². The maximum absolute atomic E-state index is 13.6. The fraction of sp³-hybridized carbons (Fsp3) is 0.238. The summed E-state index contributed by atoms with van der Waals surface area (Å²) in [6, 6.07) is 11.3. The summed E-state index contributed by atoms with van der Waals surface area (Å²) >= 11 is 0. The molecule has 0 atom stereocenters. The van der Waals surface area contributed by atoms with Gasteiger partial charge in [0.25, 0.3) is 0 Å². The number of hydrogen-bond acceptors (Lipinski definition) is 4. The highest BCUT2D eigenvalue weighted by Gasteiger charge is 2.39. The number of alkyl halides is 3. The summed E-state index contributed by atoms with van der Waals surface area (Å²) in [6.07, 6.45) is -5.53. The predicted molar refractivity (Wildman–Crippen MR) is 102 cm³/mol. The molecule has 1 heterocycles. The topological polar surface area (TPSA) is 59.8 Å². The Kier molecular flexibility index (Phi) is 5.63. The summed E-state index contributed by atoms with van der Waals surface area (Å²) in [5, 5.41) is -0.0421. The molecule has 0 bridgehead atoms. The van der Waals surface area contributed by atoms with E-state index < -0.39 is 29.0 Å². The highest BCUT2D eigenvalue weighted by molar-refractivity contribution is 5.84. The number of hydrogen-bond donors (Lipinski definition) is 0. The summed E-state index contributed by atoms with van der Waals surface area (Å²) in [6.45, 7) is 4.36. The Balaban J connectivity index is 2.16. The summed E-state index contributed by atoms with van der Waals surface area (Å²) in [5.41, 5.74) is -1.58. The number of carbonyl (C=O) groups is 1. The molecule has 0 aliphatic heterocycles. The van der Waals surface area contributed by atoms with Gasteiger partial charge in [-0.05, 0) is 31.5 Å². The molecular formula is C21H18F3NO4. The molecule has 0 spiro atoms. The number of ether oxygens (including phenoxy) is 1. The lowest BCUT2D eigenvalue weighted by Crippen LogP contribution is -2.33. The molecule has 3 rings (SSSR count). The Bertz CT molecular complexity index is 1090. The second-order valence-corrected chi connectivity index (χ2v) is 6.20. The van der Waals surface area contributed by atoms with Crippen molar-refractivity contribution in [1.82, 2.24) is 4.90 Å². The minimum atomic E-state index is -4.88. The normalized spacial score (nSPS) is 11.5. The Hall–Kier alpha value is -3.29. The summed E-state index contributed by atoms with van der Waals surface area (Å²) in [7, 11) is 0. The number of fused-ring (bicyclic) bond motifs is 1. The first-order valence-corrected chi connectivity index (χ1v) is 8.96. The van der Waals surface area contributed by atoms with Crippen LogP contribution in [0, 0.1) is 0 Å². The molecule has 29 heavy (non-hydrogen) atoms. The monoisotopic (exact) mass is 405 g/mol. The molecule has 2 aromatic carbocycles. The van der Waals surface area contributed by atoms with Crippen LogP contribution in [-0.4, -0.2) is 24.1 Å². The molecule has 0 N–H and O–H groups in total. The van der Waals surface area contributed by atoms with E-state index in [0.717, 1.165) is 6.07 Å². The molecule has 1 aromatic heterocycles. The first-order valence-electron chi connectivity index (χ1n) is 8.96. The lowest BCUT2D eigenvalue weighted by Gasteiger charge is -2.18. The van der Waals surface area contributed by atoms with E-state index in [1.54, 1.807) is 19.9 Å². The third-order valence-corrected chi connectivity index (χ3v) is 4.41. The van der Waals surface area contributed by atoms with Crippen LogP contribution in [0.5, 0.6) is 5.75 Å². The molecule has 0 unspecified atom stereocenters. The Labute approximate surface area is 164 Å². The van der Waals surface area contributed by atoms with Gasteiger partial charge < -0.3 is 14.1 Å². The first-order chi connectivity index (χ1) is 13.8. The fourth-order valence-corrected chi connectivity index (χ4v) is 2.95. The standard InChI is InChI=1S/C21H18F3NO4/c1-3-25(4-2)20(27)28-14-10-11-15-16(12-14)29-19(21(22,23)24)17(18(15)26)13-8-6-5-7-9-13/h5-12H,3-4H2,1-2H3. The number of carbonyl (C=O) groups excluding carboxylic acids is 1. The number of amides is 1. The van der Waals surface area contributed by atoms with Crippen molar-refractivity contribution in [1.29, 1.82) is 0 Å². The van der Waals surface area contributed by atoms with E-state index in [-0.39, 0.29) is 22.3 Å². The molecule has 0 radical (unpaired) electrons. The average Bonchev–Trinajstić information content (AvgIpc) is 2.68. The second-order valence-electron chi connectivity index (χ2n) is 6.20. The molecule has 1 amide bonds. The Morgan fingerprint density at radius 2 is 1.72 bits per heavy atom. The van der Waals surface area contributed by atoms with Gasteiger partial charge in [0.1, 0.15) is 11.3 Å². The van der Waals surface area contributed by atoms with E-state index in [1.807, 2.05) is 0 Å².